The summed E-state index contributed by atoms with van der Waals surface area (Å²) in [6, 6.07) is 5.00. The molecule has 1 heterocycles. The van der Waals surface area contributed by atoms with Gasteiger partial charge in [-0.3, -0.25) is 4.79 Å². The van der Waals surface area contributed by atoms with Crippen LogP contribution in [0.1, 0.15) is 23.7 Å². The Morgan fingerprint density at radius 1 is 1.65 bits per heavy atom. The van der Waals surface area contributed by atoms with E-state index in [1.165, 1.54) is 7.11 Å². The lowest BCUT2D eigenvalue weighted by Gasteiger charge is -2.26. The van der Waals surface area contributed by atoms with Crippen LogP contribution in [0.25, 0.3) is 0 Å². The minimum Gasteiger partial charge on any atom is -0.495 e. The number of para-hydroxylation sites is 1. The van der Waals surface area contributed by atoms with Crippen LogP contribution in [-0.4, -0.2) is 43.0 Å². The second-order valence-corrected chi connectivity index (χ2v) is 4.97. The lowest BCUT2D eigenvalue weighted by Crippen LogP contribution is -2.47. The molecule has 2 rings (SSSR count). The molecule has 2 atom stereocenters. The van der Waals surface area contributed by atoms with Crippen molar-refractivity contribution in [2.24, 2.45) is 0 Å². The summed E-state index contributed by atoms with van der Waals surface area (Å²) in [6.45, 7) is 2.41. The van der Waals surface area contributed by atoms with E-state index in [4.69, 9.17) is 15.2 Å². The van der Waals surface area contributed by atoms with Gasteiger partial charge in [0, 0.05) is 19.6 Å². The summed E-state index contributed by atoms with van der Waals surface area (Å²) in [5.41, 5.74) is 5.46. The number of ether oxygens (including phenoxy) is 2. The van der Waals surface area contributed by atoms with E-state index < -0.39 is 5.60 Å². The molecular weight excluding hydrogens is 260 g/mol. The number of nitrogens with one attached hydrogen (secondary N) is 1. The molecule has 0 radical (unpaired) electrons. The number of nitrogen functional groups attached to an aromatic ring is 1. The first-order valence-electron chi connectivity index (χ1n) is 6.52. The number of rotatable bonds is 4. The Labute approximate surface area is 117 Å². The number of methoxy groups -OCH3 is 1. The van der Waals surface area contributed by atoms with E-state index in [1.54, 1.807) is 25.1 Å². The molecule has 4 N–H and O–H groups in total. The van der Waals surface area contributed by atoms with Crippen LogP contribution >= 0.6 is 0 Å². The van der Waals surface area contributed by atoms with Crippen molar-refractivity contribution in [2.75, 3.05) is 26.0 Å². The number of carbonyl (C=O) groups is 1. The van der Waals surface area contributed by atoms with Crippen molar-refractivity contribution >= 4 is 11.6 Å². The molecule has 20 heavy (non-hydrogen) atoms. The van der Waals surface area contributed by atoms with E-state index >= 15 is 0 Å². The molecule has 6 nitrogen and oxygen atoms in total. The highest BCUT2D eigenvalue weighted by Crippen LogP contribution is 2.26. The molecule has 110 valence electrons. The second-order valence-electron chi connectivity index (χ2n) is 4.97. The van der Waals surface area contributed by atoms with Crippen LogP contribution in [0.15, 0.2) is 18.2 Å². The zero-order chi connectivity index (χ0) is 14.8. The molecule has 0 spiro atoms. The van der Waals surface area contributed by atoms with Gasteiger partial charge < -0.3 is 25.6 Å². The normalized spacial score (nSPS) is 25.4. The predicted molar refractivity (Wildman–Crippen MR) is 74.7 cm³/mol. The fraction of sp³-hybridized carbons (Fsp3) is 0.500. The van der Waals surface area contributed by atoms with Crippen LogP contribution in [0, 0.1) is 0 Å². The number of anilines is 1. The number of hydrogen-bond acceptors (Lipinski definition) is 5. The summed E-state index contributed by atoms with van der Waals surface area (Å²) in [5, 5.41) is 13.0. The van der Waals surface area contributed by atoms with Gasteiger partial charge in [0.2, 0.25) is 0 Å². The third kappa shape index (κ3) is 2.71. The van der Waals surface area contributed by atoms with E-state index in [0.717, 1.165) is 0 Å². The molecule has 1 aromatic carbocycles. The Morgan fingerprint density at radius 3 is 3.00 bits per heavy atom. The first kappa shape index (κ1) is 14.6. The SMILES string of the molecule is COc1cccc(C(=O)NCC2(O)CCOC2C)c1N. The number of hydrogen-bond donors (Lipinski definition) is 3. The molecule has 0 aromatic heterocycles. The van der Waals surface area contributed by atoms with E-state index in [1.807, 2.05) is 0 Å². The Balaban J connectivity index is 2.06. The van der Waals surface area contributed by atoms with Crippen molar-refractivity contribution in [1.29, 1.82) is 0 Å². The van der Waals surface area contributed by atoms with Gasteiger partial charge in [-0.05, 0) is 19.1 Å². The van der Waals surface area contributed by atoms with Crippen LogP contribution in [0.5, 0.6) is 5.75 Å². The standard InChI is InChI=1S/C14H20N2O4/c1-9-14(18,6-7-20-9)8-16-13(17)10-4-3-5-11(19-2)12(10)15/h3-5,9,18H,6-8,15H2,1-2H3,(H,16,17). The van der Waals surface area contributed by atoms with Gasteiger partial charge in [0.25, 0.3) is 5.91 Å². The number of benzene rings is 1. The molecule has 1 aliphatic rings. The first-order valence-corrected chi connectivity index (χ1v) is 6.52. The Kier molecular flexibility index (Phi) is 4.15. The minimum absolute atomic E-state index is 0.129. The number of nitrogens with two attached hydrogens (primary N) is 1. The van der Waals surface area contributed by atoms with Crippen LogP contribution in [-0.2, 0) is 4.74 Å². The summed E-state index contributed by atoms with van der Waals surface area (Å²) < 4.78 is 10.4. The van der Waals surface area contributed by atoms with Gasteiger partial charge in [0.1, 0.15) is 11.4 Å². The van der Waals surface area contributed by atoms with Crippen LogP contribution < -0.4 is 15.8 Å². The average Bonchev–Trinajstić information content (AvgIpc) is 2.77. The molecule has 1 amide bonds. The Bertz CT molecular complexity index is 506. The molecule has 2 unspecified atom stereocenters. The zero-order valence-electron chi connectivity index (χ0n) is 11.7. The van der Waals surface area contributed by atoms with Crippen molar-refractivity contribution in [3.63, 3.8) is 0 Å². The van der Waals surface area contributed by atoms with Gasteiger partial charge in [-0.15, -0.1) is 0 Å². The molecular formula is C14H20N2O4. The molecule has 1 fully saturated rings. The molecule has 6 heteroatoms. The third-order valence-corrected chi connectivity index (χ3v) is 3.75. The van der Waals surface area contributed by atoms with Crippen molar-refractivity contribution in [3.8, 4) is 5.75 Å². The van der Waals surface area contributed by atoms with Gasteiger partial charge >= 0.3 is 0 Å². The second kappa shape index (κ2) is 5.68. The number of carbonyl (C=O) groups excluding carboxylic acids is 1. The summed E-state index contributed by atoms with van der Waals surface area (Å²) in [5.74, 6) is 0.114. The molecule has 0 saturated carbocycles. The highest BCUT2D eigenvalue weighted by molar-refractivity contribution is 6.00. The molecule has 0 bridgehead atoms. The highest BCUT2D eigenvalue weighted by atomic mass is 16.5. The van der Waals surface area contributed by atoms with Crippen LogP contribution in [0.2, 0.25) is 0 Å². The van der Waals surface area contributed by atoms with Gasteiger partial charge in [-0.1, -0.05) is 6.07 Å². The molecule has 1 aliphatic heterocycles. The maximum atomic E-state index is 12.1. The topological polar surface area (TPSA) is 93.8 Å². The smallest absolute Gasteiger partial charge is 0.253 e. The van der Waals surface area contributed by atoms with Crippen molar-refractivity contribution in [2.45, 2.75) is 25.0 Å². The average molecular weight is 280 g/mol. The van der Waals surface area contributed by atoms with Gasteiger partial charge in [0.05, 0.1) is 24.5 Å². The van der Waals surface area contributed by atoms with Crippen molar-refractivity contribution in [1.82, 2.24) is 5.32 Å². The Morgan fingerprint density at radius 2 is 2.40 bits per heavy atom. The number of amides is 1. The quantitative estimate of drug-likeness (QED) is 0.700. The van der Waals surface area contributed by atoms with E-state index in [2.05, 4.69) is 5.32 Å². The van der Waals surface area contributed by atoms with Gasteiger partial charge in [-0.2, -0.15) is 0 Å². The fourth-order valence-electron chi connectivity index (χ4n) is 2.25. The van der Waals surface area contributed by atoms with E-state index in [9.17, 15) is 9.90 Å². The van der Waals surface area contributed by atoms with Crippen molar-refractivity contribution in [3.05, 3.63) is 23.8 Å². The van der Waals surface area contributed by atoms with Crippen LogP contribution in [0.3, 0.4) is 0 Å². The lowest BCUT2D eigenvalue weighted by atomic mass is 9.96. The van der Waals surface area contributed by atoms with E-state index in [0.29, 0.717) is 24.3 Å². The Hall–Kier alpha value is -1.79. The van der Waals surface area contributed by atoms with Gasteiger partial charge in [0.15, 0.2) is 0 Å². The van der Waals surface area contributed by atoms with Crippen molar-refractivity contribution < 1.29 is 19.4 Å². The van der Waals surface area contributed by atoms with E-state index in [-0.39, 0.29) is 24.2 Å². The van der Waals surface area contributed by atoms with Gasteiger partial charge in [-0.25, -0.2) is 0 Å². The fourth-order valence-corrected chi connectivity index (χ4v) is 2.25. The highest BCUT2D eigenvalue weighted by Gasteiger charge is 2.39. The maximum absolute atomic E-state index is 12.1. The predicted octanol–water partition coefficient (Wildman–Crippen LogP) is 0.547. The molecule has 1 aromatic rings. The maximum Gasteiger partial charge on any atom is 0.253 e. The summed E-state index contributed by atoms with van der Waals surface area (Å²) in [4.78, 5) is 12.1. The largest absolute Gasteiger partial charge is 0.495 e. The third-order valence-electron chi connectivity index (χ3n) is 3.75. The zero-order valence-corrected chi connectivity index (χ0v) is 11.7. The monoisotopic (exact) mass is 280 g/mol. The van der Waals surface area contributed by atoms with Crippen LogP contribution in [0.4, 0.5) is 5.69 Å². The molecule has 1 saturated heterocycles. The summed E-state index contributed by atoms with van der Waals surface area (Å²) in [7, 11) is 1.49. The first-order chi connectivity index (χ1) is 9.48. The molecule has 0 aliphatic carbocycles. The lowest BCUT2D eigenvalue weighted by molar-refractivity contribution is -0.0251. The summed E-state index contributed by atoms with van der Waals surface area (Å²) in [6.07, 6.45) is 0.202. The summed E-state index contributed by atoms with van der Waals surface area (Å²) >= 11 is 0. The number of aliphatic hydroxyl groups is 1. The minimum atomic E-state index is -1.02.